The summed E-state index contributed by atoms with van der Waals surface area (Å²) in [6.07, 6.45) is 2.66. The van der Waals surface area contributed by atoms with Crippen molar-refractivity contribution >= 4 is 21.8 Å². The lowest BCUT2D eigenvalue weighted by Gasteiger charge is -2.07. The molecule has 0 saturated heterocycles. The molecule has 1 saturated carbocycles. The Morgan fingerprint density at radius 1 is 1.28 bits per heavy atom. The van der Waals surface area contributed by atoms with Crippen molar-refractivity contribution in [2.24, 2.45) is 5.92 Å². The lowest BCUT2D eigenvalue weighted by molar-refractivity contribution is -0.115. The zero-order valence-corrected chi connectivity index (χ0v) is 14.9. The minimum absolute atomic E-state index is 0.186. The SMILES string of the molecule is Cc1nn(CC2CC2)c(C)c1CC(=O)Nc1ccc(S(=O)(=O)F)cc1. The molecule has 2 aromatic rings. The molecular formula is C17H20FN3O3S. The van der Waals surface area contributed by atoms with Gasteiger partial charge in [-0.15, -0.1) is 3.89 Å². The van der Waals surface area contributed by atoms with Gasteiger partial charge in [-0.3, -0.25) is 9.48 Å². The molecule has 1 aliphatic carbocycles. The average Bonchev–Trinajstić information content (AvgIpc) is 3.30. The summed E-state index contributed by atoms with van der Waals surface area (Å²) in [6.45, 7) is 4.75. The van der Waals surface area contributed by atoms with E-state index < -0.39 is 15.1 Å². The summed E-state index contributed by atoms with van der Waals surface area (Å²) >= 11 is 0. The monoisotopic (exact) mass is 365 g/mol. The Kier molecular flexibility index (Phi) is 4.64. The number of hydrogen-bond donors (Lipinski definition) is 1. The van der Waals surface area contributed by atoms with Gasteiger partial charge in [0.15, 0.2) is 0 Å². The Labute approximate surface area is 146 Å². The number of halogens is 1. The first-order chi connectivity index (χ1) is 11.7. The lowest BCUT2D eigenvalue weighted by Crippen LogP contribution is -2.15. The highest BCUT2D eigenvalue weighted by molar-refractivity contribution is 7.86. The number of benzene rings is 1. The van der Waals surface area contributed by atoms with Crippen LogP contribution in [0.5, 0.6) is 0 Å². The van der Waals surface area contributed by atoms with Gasteiger partial charge < -0.3 is 5.32 Å². The molecule has 0 radical (unpaired) electrons. The summed E-state index contributed by atoms with van der Waals surface area (Å²) in [7, 11) is -4.73. The fraction of sp³-hybridized carbons (Fsp3) is 0.412. The molecule has 0 atom stereocenters. The summed E-state index contributed by atoms with van der Waals surface area (Å²) in [5.74, 6) is 0.470. The highest BCUT2D eigenvalue weighted by Crippen LogP contribution is 2.31. The summed E-state index contributed by atoms with van der Waals surface area (Å²) in [5.41, 5.74) is 3.16. The van der Waals surface area contributed by atoms with E-state index in [0.717, 1.165) is 35.6 Å². The van der Waals surface area contributed by atoms with Gasteiger partial charge in [0.2, 0.25) is 5.91 Å². The van der Waals surface area contributed by atoms with E-state index in [1.807, 2.05) is 18.5 Å². The predicted octanol–water partition coefficient (Wildman–Crippen LogP) is 2.75. The second kappa shape index (κ2) is 6.59. The topological polar surface area (TPSA) is 81.1 Å². The van der Waals surface area contributed by atoms with Crippen molar-refractivity contribution in [3.05, 3.63) is 41.2 Å². The lowest BCUT2D eigenvalue weighted by atomic mass is 10.1. The summed E-state index contributed by atoms with van der Waals surface area (Å²) in [4.78, 5) is 11.8. The molecule has 8 heteroatoms. The van der Waals surface area contributed by atoms with E-state index in [4.69, 9.17) is 0 Å². The number of anilines is 1. The standard InChI is InChI=1S/C17H20FN3O3S/c1-11-16(12(2)21(20-11)10-13-3-4-13)9-17(22)19-14-5-7-15(8-6-14)25(18,23)24/h5-8,13H,3-4,9-10H2,1-2H3,(H,19,22). The van der Waals surface area contributed by atoms with Gasteiger partial charge in [-0.2, -0.15) is 13.5 Å². The first-order valence-corrected chi connectivity index (χ1v) is 9.50. The molecule has 1 amide bonds. The van der Waals surface area contributed by atoms with Gasteiger partial charge in [-0.05, 0) is 56.9 Å². The number of nitrogens with one attached hydrogen (secondary N) is 1. The molecule has 0 aliphatic heterocycles. The molecule has 1 heterocycles. The van der Waals surface area contributed by atoms with Crippen LogP contribution in [0.15, 0.2) is 29.2 Å². The number of amides is 1. The van der Waals surface area contributed by atoms with Gasteiger partial charge in [-0.25, -0.2) is 0 Å². The van der Waals surface area contributed by atoms with Crippen molar-refractivity contribution < 1.29 is 17.1 Å². The minimum Gasteiger partial charge on any atom is -0.326 e. The molecule has 25 heavy (non-hydrogen) atoms. The number of hydrogen-bond acceptors (Lipinski definition) is 4. The molecule has 134 valence electrons. The van der Waals surface area contributed by atoms with Crippen molar-refractivity contribution in [2.75, 3.05) is 5.32 Å². The Hall–Kier alpha value is -2.22. The number of aryl methyl sites for hydroxylation is 1. The van der Waals surface area contributed by atoms with E-state index in [9.17, 15) is 17.1 Å². The maximum Gasteiger partial charge on any atom is 0.332 e. The maximum absolute atomic E-state index is 12.9. The minimum atomic E-state index is -4.73. The van der Waals surface area contributed by atoms with Crippen molar-refractivity contribution in [3.63, 3.8) is 0 Å². The van der Waals surface area contributed by atoms with Crippen LogP contribution in [0.3, 0.4) is 0 Å². The number of nitrogens with zero attached hydrogens (tertiary/aromatic N) is 2. The molecule has 1 N–H and O–H groups in total. The Bertz CT molecular complexity index is 900. The number of rotatable bonds is 6. The number of aromatic nitrogens is 2. The van der Waals surface area contributed by atoms with Crippen LogP contribution < -0.4 is 5.32 Å². The predicted molar refractivity (Wildman–Crippen MR) is 91.5 cm³/mol. The summed E-state index contributed by atoms with van der Waals surface area (Å²) in [5, 5.41) is 7.21. The van der Waals surface area contributed by atoms with Gasteiger partial charge in [-0.1, -0.05) is 0 Å². The molecule has 1 fully saturated rings. The molecule has 6 nitrogen and oxygen atoms in total. The van der Waals surface area contributed by atoms with Crippen LogP contribution >= 0.6 is 0 Å². The van der Waals surface area contributed by atoms with E-state index in [1.165, 1.54) is 25.0 Å². The van der Waals surface area contributed by atoms with E-state index in [0.29, 0.717) is 11.6 Å². The normalized spacial score (nSPS) is 14.5. The van der Waals surface area contributed by atoms with Crippen molar-refractivity contribution in [3.8, 4) is 0 Å². The fourth-order valence-corrected chi connectivity index (χ4v) is 3.24. The third-order valence-electron chi connectivity index (χ3n) is 4.42. The molecule has 0 unspecified atom stereocenters. The Morgan fingerprint density at radius 3 is 2.48 bits per heavy atom. The van der Waals surface area contributed by atoms with Gasteiger partial charge in [0.25, 0.3) is 0 Å². The average molecular weight is 365 g/mol. The van der Waals surface area contributed by atoms with E-state index in [1.54, 1.807) is 0 Å². The largest absolute Gasteiger partial charge is 0.332 e. The third-order valence-corrected chi connectivity index (χ3v) is 5.25. The van der Waals surface area contributed by atoms with E-state index >= 15 is 0 Å². The van der Waals surface area contributed by atoms with Crippen LogP contribution in [0.25, 0.3) is 0 Å². The second-order valence-corrected chi connectivity index (χ2v) is 7.81. The van der Waals surface area contributed by atoms with Crippen molar-refractivity contribution in [1.29, 1.82) is 0 Å². The van der Waals surface area contributed by atoms with Crippen molar-refractivity contribution in [2.45, 2.75) is 44.6 Å². The van der Waals surface area contributed by atoms with Crippen LogP contribution in [0.1, 0.15) is 29.8 Å². The molecule has 0 spiro atoms. The smallest absolute Gasteiger partial charge is 0.326 e. The fourth-order valence-electron chi connectivity index (χ4n) is 2.78. The first kappa shape index (κ1) is 17.6. The molecule has 1 aromatic heterocycles. The zero-order chi connectivity index (χ0) is 18.2. The van der Waals surface area contributed by atoms with Gasteiger partial charge in [0.05, 0.1) is 17.0 Å². The molecule has 0 bridgehead atoms. The Morgan fingerprint density at radius 2 is 1.92 bits per heavy atom. The van der Waals surface area contributed by atoms with Gasteiger partial charge in [0, 0.05) is 23.5 Å². The van der Waals surface area contributed by atoms with E-state index in [-0.39, 0.29) is 12.3 Å². The second-order valence-electron chi connectivity index (χ2n) is 6.46. The van der Waals surface area contributed by atoms with Crippen LogP contribution in [0.4, 0.5) is 9.57 Å². The van der Waals surface area contributed by atoms with Crippen LogP contribution in [-0.2, 0) is 28.0 Å². The molecular weight excluding hydrogens is 345 g/mol. The summed E-state index contributed by atoms with van der Waals surface area (Å²) in [6, 6.07) is 4.96. The highest BCUT2D eigenvalue weighted by Gasteiger charge is 2.24. The number of carbonyl (C=O) groups excluding carboxylic acids is 1. The number of carbonyl (C=O) groups is 1. The molecule has 1 aliphatic rings. The third kappa shape index (κ3) is 4.25. The maximum atomic E-state index is 12.9. The highest BCUT2D eigenvalue weighted by atomic mass is 32.3. The molecule has 3 rings (SSSR count). The van der Waals surface area contributed by atoms with Gasteiger partial charge in [0.1, 0.15) is 0 Å². The quantitative estimate of drug-likeness (QED) is 0.798. The Balaban J connectivity index is 1.67. The van der Waals surface area contributed by atoms with Crippen molar-refractivity contribution in [1.82, 2.24) is 9.78 Å². The van der Waals surface area contributed by atoms with Gasteiger partial charge >= 0.3 is 10.2 Å². The first-order valence-electron chi connectivity index (χ1n) is 8.11. The van der Waals surface area contributed by atoms with Crippen LogP contribution in [0.2, 0.25) is 0 Å². The summed E-state index contributed by atoms with van der Waals surface area (Å²) < 4.78 is 36.4. The van der Waals surface area contributed by atoms with Crippen LogP contribution in [-0.4, -0.2) is 24.1 Å². The van der Waals surface area contributed by atoms with E-state index in [2.05, 4.69) is 10.4 Å². The zero-order valence-electron chi connectivity index (χ0n) is 14.1. The van der Waals surface area contributed by atoms with Crippen LogP contribution in [0, 0.1) is 19.8 Å². The molecule has 1 aromatic carbocycles.